The van der Waals surface area contributed by atoms with E-state index in [1.807, 2.05) is 12.1 Å². The number of esters is 1. The van der Waals surface area contributed by atoms with E-state index in [-0.39, 0.29) is 31.4 Å². The van der Waals surface area contributed by atoms with Gasteiger partial charge in [-0.25, -0.2) is 0 Å². The molecular formula is C18H25ClO4. The highest BCUT2D eigenvalue weighted by Crippen LogP contribution is 2.43. The number of hydrogen-bond acceptors (Lipinski definition) is 4. The van der Waals surface area contributed by atoms with Crippen molar-refractivity contribution in [3.05, 3.63) is 34.3 Å². The minimum atomic E-state index is -0.294. The SMILES string of the molecule is CC(=O)OCC1O[C@@H](c2ccc(Cl)c(CO)c2)C(C)[C@@H](C)[C@H]1C. The first-order valence-corrected chi connectivity index (χ1v) is 8.41. The summed E-state index contributed by atoms with van der Waals surface area (Å²) < 4.78 is 11.4. The Morgan fingerprint density at radius 3 is 2.57 bits per heavy atom. The van der Waals surface area contributed by atoms with Crippen LogP contribution >= 0.6 is 11.6 Å². The van der Waals surface area contributed by atoms with Crippen LogP contribution in [0.2, 0.25) is 5.02 Å². The Balaban J connectivity index is 2.24. The molecule has 1 heterocycles. The molecule has 0 amide bonds. The van der Waals surface area contributed by atoms with Crippen molar-refractivity contribution in [1.29, 1.82) is 0 Å². The smallest absolute Gasteiger partial charge is 0.302 e. The summed E-state index contributed by atoms with van der Waals surface area (Å²) in [5.41, 5.74) is 1.69. The first-order valence-electron chi connectivity index (χ1n) is 8.03. The summed E-state index contributed by atoms with van der Waals surface area (Å²) in [6, 6.07) is 5.63. The molecule has 1 fully saturated rings. The van der Waals surface area contributed by atoms with Crippen LogP contribution in [-0.2, 0) is 20.9 Å². The number of aliphatic hydroxyl groups excluding tert-OH is 1. The minimum absolute atomic E-state index is 0.101. The van der Waals surface area contributed by atoms with E-state index >= 15 is 0 Å². The fourth-order valence-corrected chi connectivity index (χ4v) is 3.37. The fraction of sp³-hybridized carbons (Fsp3) is 0.611. The maximum absolute atomic E-state index is 11.1. The fourth-order valence-electron chi connectivity index (χ4n) is 3.19. The molecule has 4 nitrogen and oxygen atoms in total. The predicted octanol–water partition coefficient (Wildman–Crippen LogP) is 3.74. The quantitative estimate of drug-likeness (QED) is 0.848. The summed E-state index contributed by atoms with van der Waals surface area (Å²) in [6.07, 6.45) is -0.243. The third kappa shape index (κ3) is 4.06. The molecule has 128 valence electrons. The van der Waals surface area contributed by atoms with Gasteiger partial charge in [-0.15, -0.1) is 0 Å². The van der Waals surface area contributed by atoms with Gasteiger partial charge >= 0.3 is 5.97 Å². The van der Waals surface area contributed by atoms with Crippen molar-refractivity contribution < 1.29 is 19.4 Å². The van der Waals surface area contributed by atoms with Crippen LogP contribution in [0.4, 0.5) is 0 Å². The zero-order chi connectivity index (χ0) is 17.1. The Bertz CT molecular complexity index is 560. The molecule has 1 aromatic carbocycles. The van der Waals surface area contributed by atoms with Crippen LogP contribution < -0.4 is 0 Å². The van der Waals surface area contributed by atoms with E-state index in [2.05, 4.69) is 20.8 Å². The largest absolute Gasteiger partial charge is 0.463 e. The Kier molecular flexibility index (Phi) is 6.06. The number of halogens is 1. The van der Waals surface area contributed by atoms with Gasteiger partial charge < -0.3 is 14.6 Å². The number of benzene rings is 1. The van der Waals surface area contributed by atoms with Crippen LogP contribution in [0.25, 0.3) is 0 Å². The molecule has 1 aromatic rings. The van der Waals surface area contributed by atoms with Crippen molar-refractivity contribution in [2.24, 2.45) is 17.8 Å². The summed E-state index contributed by atoms with van der Waals surface area (Å²) in [5.74, 6) is 0.733. The van der Waals surface area contributed by atoms with Gasteiger partial charge in [0.1, 0.15) is 6.61 Å². The van der Waals surface area contributed by atoms with E-state index in [0.717, 1.165) is 5.56 Å². The second-order valence-electron chi connectivity index (χ2n) is 6.48. The van der Waals surface area contributed by atoms with Crippen LogP contribution in [0.1, 0.15) is 44.9 Å². The summed E-state index contributed by atoms with van der Waals surface area (Å²) in [4.78, 5) is 11.1. The zero-order valence-corrected chi connectivity index (χ0v) is 14.8. The number of carbonyl (C=O) groups excluding carboxylic acids is 1. The lowest BCUT2D eigenvalue weighted by Gasteiger charge is -2.43. The topological polar surface area (TPSA) is 55.8 Å². The highest BCUT2D eigenvalue weighted by atomic mass is 35.5. The van der Waals surface area contributed by atoms with Gasteiger partial charge in [-0.05, 0) is 41.0 Å². The molecule has 0 aliphatic carbocycles. The summed E-state index contributed by atoms with van der Waals surface area (Å²) in [5, 5.41) is 9.97. The highest BCUT2D eigenvalue weighted by molar-refractivity contribution is 6.31. The first kappa shape index (κ1) is 18.2. The van der Waals surface area contributed by atoms with E-state index in [1.54, 1.807) is 6.07 Å². The normalized spacial score (nSPS) is 31.0. The molecule has 1 aliphatic rings. The lowest BCUT2D eigenvalue weighted by molar-refractivity contribution is -0.170. The third-order valence-corrected chi connectivity index (χ3v) is 5.43. The third-order valence-electron chi connectivity index (χ3n) is 5.06. The lowest BCUT2D eigenvalue weighted by Crippen LogP contribution is -2.43. The van der Waals surface area contributed by atoms with Crippen LogP contribution in [0.5, 0.6) is 0 Å². The molecule has 0 spiro atoms. The summed E-state index contributed by atoms with van der Waals surface area (Å²) >= 11 is 6.08. The van der Waals surface area contributed by atoms with E-state index < -0.39 is 0 Å². The second kappa shape index (κ2) is 7.65. The number of hydrogen-bond donors (Lipinski definition) is 1. The van der Waals surface area contributed by atoms with Crippen LogP contribution in [0.3, 0.4) is 0 Å². The van der Waals surface area contributed by atoms with Crippen LogP contribution in [0.15, 0.2) is 18.2 Å². The standard InChI is InChI=1S/C18H25ClO4/c1-10-11(2)17(9-22-13(4)21)23-18(12(10)3)14-5-6-16(19)15(7-14)8-20/h5-7,10-12,17-18,20H,8-9H2,1-4H3/t10-,11+,12?,17?,18+/m0/s1. The van der Waals surface area contributed by atoms with E-state index in [0.29, 0.717) is 28.3 Å². The van der Waals surface area contributed by atoms with E-state index in [9.17, 15) is 9.90 Å². The molecule has 0 saturated carbocycles. The van der Waals surface area contributed by atoms with Gasteiger partial charge in [0, 0.05) is 11.9 Å². The van der Waals surface area contributed by atoms with Gasteiger partial charge in [0.25, 0.3) is 0 Å². The maximum atomic E-state index is 11.1. The summed E-state index contributed by atoms with van der Waals surface area (Å²) in [7, 11) is 0. The molecule has 23 heavy (non-hydrogen) atoms. The number of carbonyl (C=O) groups is 1. The average Bonchev–Trinajstić information content (AvgIpc) is 2.52. The molecule has 0 bridgehead atoms. The minimum Gasteiger partial charge on any atom is -0.463 e. The lowest BCUT2D eigenvalue weighted by atomic mass is 9.75. The molecule has 1 saturated heterocycles. The van der Waals surface area contributed by atoms with Crippen molar-refractivity contribution in [2.45, 2.75) is 46.5 Å². The van der Waals surface area contributed by atoms with Gasteiger partial charge in [0.2, 0.25) is 0 Å². The van der Waals surface area contributed by atoms with Gasteiger partial charge in [0.05, 0.1) is 18.8 Å². The Morgan fingerprint density at radius 1 is 1.26 bits per heavy atom. The van der Waals surface area contributed by atoms with Gasteiger partial charge in [-0.1, -0.05) is 38.4 Å². The number of rotatable bonds is 4. The van der Waals surface area contributed by atoms with Crippen molar-refractivity contribution in [2.75, 3.05) is 6.61 Å². The predicted molar refractivity (Wildman–Crippen MR) is 89.1 cm³/mol. The molecule has 0 radical (unpaired) electrons. The average molecular weight is 341 g/mol. The van der Waals surface area contributed by atoms with Crippen molar-refractivity contribution >= 4 is 17.6 Å². The van der Waals surface area contributed by atoms with Crippen molar-refractivity contribution in [3.8, 4) is 0 Å². The molecule has 2 rings (SSSR count). The Labute approximate surface area is 142 Å². The molecule has 5 heteroatoms. The van der Waals surface area contributed by atoms with E-state index in [1.165, 1.54) is 6.92 Å². The molecule has 1 aliphatic heterocycles. The molecule has 5 atom stereocenters. The first-order chi connectivity index (χ1) is 10.8. The Morgan fingerprint density at radius 2 is 1.96 bits per heavy atom. The molecule has 0 aromatic heterocycles. The highest BCUT2D eigenvalue weighted by Gasteiger charge is 2.40. The van der Waals surface area contributed by atoms with Gasteiger partial charge in [-0.3, -0.25) is 4.79 Å². The maximum Gasteiger partial charge on any atom is 0.302 e. The van der Waals surface area contributed by atoms with Crippen molar-refractivity contribution in [1.82, 2.24) is 0 Å². The molecular weight excluding hydrogens is 316 g/mol. The monoisotopic (exact) mass is 340 g/mol. The number of ether oxygens (including phenoxy) is 2. The number of aliphatic hydroxyl groups is 1. The van der Waals surface area contributed by atoms with Crippen molar-refractivity contribution in [3.63, 3.8) is 0 Å². The summed E-state index contributed by atoms with van der Waals surface area (Å²) in [6.45, 7) is 8.08. The van der Waals surface area contributed by atoms with Gasteiger partial charge in [0.15, 0.2) is 0 Å². The zero-order valence-electron chi connectivity index (χ0n) is 14.1. The Hall–Kier alpha value is -1.10. The molecule has 2 unspecified atom stereocenters. The van der Waals surface area contributed by atoms with E-state index in [4.69, 9.17) is 21.1 Å². The van der Waals surface area contributed by atoms with Gasteiger partial charge in [-0.2, -0.15) is 0 Å². The van der Waals surface area contributed by atoms with Crippen LogP contribution in [0, 0.1) is 17.8 Å². The van der Waals surface area contributed by atoms with Crippen LogP contribution in [-0.4, -0.2) is 23.8 Å². The second-order valence-corrected chi connectivity index (χ2v) is 6.89. The molecule has 1 N–H and O–H groups in total.